The molecule has 6 rings (SSSR count). The Labute approximate surface area is 262 Å². The van der Waals surface area contributed by atoms with Crippen molar-refractivity contribution in [3.63, 3.8) is 0 Å². The smallest absolute Gasteiger partial charge is 0.255 e. The average Bonchev–Trinajstić information content (AvgIpc) is 3.53. The van der Waals surface area contributed by atoms with Gasteiger partial charge in [0.2, 0.25) is 5.91 Å². The van der Waals surface area contributed by atoms with Gasteiger partial charge in [-0.25, -0.2) is 0 Å². The van der Waals surface area contributed by atoms with Crippen molar-refractivity contribution in [1.29, 1.82) is 0 Å². The number of halogens is 3. The fourth-order valence-corrected chi connectivity index (χ4v) is 7.40. The van der Waals surface area contributed by atoms with Crippen molar-refractivity contribution in [2.75, 3.05) is 39.3 Å². The van der Waals surface area contributed by atoms with Crippen LogP contribution in [0.1, 0.15) is 46.7 Å². The number of piperidine rings is 1. The molecule has 5 nitrogen and oxygen atoms in total. The molecular formula is C33H36BrCl2N3O2. The number of benzene rings is 3. The molecule has 2 atom stereocenters. The number of likely N-dealkylation sites (tertiary alicyclic amines) is 3. The van der Waals surface area contributed by atoms with Crippen molar-refractivity contribution in [1.82, 2.24) is 14.7 Å². The van der Waals surface area contributed by atoms with Crippen LogP contribution in [0.15, 0.2) is 83.3 Å². The third-order valence-electron chi connectivity index (χ3n) is 9.25. The molecule has 3 aliphatic rings. The van der Waals surface area contributed by atoms with Gasteiger partial charge in [0.15, 0.2) is 0 Å². The first kappa shape index (κ1) is 30.1. The molecule has 0 saturated carbocycles. The molecule has 0 aliphatic carbocycles. The third kappa shape index (κ3) is 6.36. The van der Waals surface area contributed by atoms with E-state index in [1.165, 1.54) is 11.1 Å². The van der Waals surface area contributed by atoms with Gasteiger partial charge in [0.05, 0.1) is 16.0 Å². The summed E-state index contributed by atoms with van der Waals surface area (Å²) >= 11 is 9.88. The predicted molar refractivity (Wildman–Crippen MR) is 170 cm³/mol. The van der Waals surface area contributed by atoms with E-state index in [0.29, 0.717) is 42.0 Å². The van der Waals surface area contributed by atoms with E-state index in [9.17, 15) is 9.59 Å². The minimum absolute atomic E-state index is 0. The summed E-state index contributed by atoms with van der Waals surface area (Å²) in [7, 11) is 0. The van der Waals surface area contributed by atoms with Gasteiger partial charge in [0, 0.05) is 43.1 Å². The lowest BCUT2D eigenvalue weighted by Crippen LogP contribution is -2.46. The zero-order chi connectivity index (χ0) is 27.7. The van der Waals surface area contributed by atoms with Crippen LogP contribution < -0.4 is 0 Å². The maximum atomic E-state index is 13.6. The summed E-state index contributed by atoms with van der Waals surface area (Å²) in [6.45, 7) is 5.72. The maximum Gasteiger partial charge on any atom is 0.255 e. The lowest BCUT2D eigenvalue weighted by molar-refractivity contribution is -0.139. The summed E-state index contributed by atoms with van der Waals surface area (Å²) in [5, 5.41) is 0.504. The quantitative estimate of drug-likeness (QED) is 0.290. The summed E-state index contributed by atoms with van der Waals surface area (Å²) in [6.07, 6.45) is 2.77. The van der Waals surface area contributed by atoms with E-state index in [2.05, 4.69) is 62.1 Å². The monoisotopic (exact) mass is 655 g/mol. The van der Waals surface area contributed by atoms with Crippen molar-refractivity contribution in [2.24, 2.45) is 11.3 Å². The Morgan fingerprint density at radius 1 is 0.878 bits per heavy atom. The van der Waals surface area contributed by atoms with Crippen molar-refractivity contribution in [3.05, 3.63) is 105 Å². The molecule has 0 radical (unpaired) electrons. The van der Waals surface area contributed by atoms with Gasteiger partial charge in [-0.15, -0.1) is 12.4 Å². The molecule has 8 heteroatoms. The number of nitrogens with zero attached hydrogens (tertiary/aromatic N) is 3. The first-order chi connectivity index (χ1) is 19.4. The molecule has 2 amide bonds. The molecule has 2 unspecified atom stereocenters. The van der Waals surface area contributed by atoms with Crippen molar-refractivity contribution in [3.8, 4) is 0 Å². The highest BCUT2D eigenvalue weighted by atomic mass is 79.9. The van der Waals surface area contributed by atoms with E-state index in [-0.39, 0.29) is 29.6 Å². The SMILES string of the molecule is Cl.O=C(c1ccccc1Cl)N1CC(CN2CCC3(CC2)CCN(Cc2ccc(Br)cc2)C3=O)C(c2ccccc2)C1. The second-order valence-corrected chi connectivity index (χ2v) is 13.0. The Morgan fingerprint density at radius 2 is 1.54 bits per heavy atom. The number of rotatable bonds is 6. The molecule has 3 heterocycles. The molecule has 3 aliphatic heterocycles. The molecule has 3 fully saturated rings. The van der Waals surface area contributed by atoms with E-state index in [1.54, 1.807) is 6.07 Å². The first-order valence-electron chi connectivity index (χ1n) is 14.3. The average molecular weight is 657 g/mol. The Morgan fingerprint density at radius 3 is 2.24 bits per heavy atom. The summed E-state index contributed by atoms with van der Waals surface area (Å²) in [6, 6.07) is 26.2. The van der Waals surface area contributed by atoms with Crippen LogP contribution in [0.3, 0.4) is 0 Å². The largest absolute Gasteiger partial charge is 0.338 e. The summed E-state index contributed by atoms with van der Waals surface area (Å²) < 4.78 is 1.06. The molecule has 1 spiro atoms. The van der Waals surface area contributed by atoms with Crippen molar-refractivity contribution in [2.45, 2.75) is 31.7 Å². The normalized spacial score (nSPS) is 22.2. The summed E-state index contributed by atoms with van der Waals surface area (Å²) in [5.74, 6) is 0.942. The summed E-state index contributed by atoms with van der Waals surface area (Å²) in [5.41, 5.74) is 2.82. The van der Waals surface area contributed by atoms with Crippen LogP contribution in [0.4, 0.5) is 0 Å². The van der Waals surface area contributed by atoms with Gasteiger partial charge >= 0.3 is 0 Å². The molecule has 3 saturated heterocycles. The topological polar surface area (TPSA) is 43.9 Å². The highest BCUT2D eigenvalue weighted by molar-refractivity contribution is 9.10. The van der Waals surface area contributed by atoms with E-state index < -0.39 is 0 Å². The highest BCUT2D eigenvalue weighted by Crippen LogP contribution is 2.43. The second-order valence-electron chi connectivity index (χ2n) is 11.7. The first-order valence-corrected chi connectivity index (χ1v) is 15.4. The van der Waals surface area contributed by atoms with Gasteiger partial charge in [-0.05, 0) is 73.7 Å². The van der Waals surface area contributed by atoms with Crippen LogP contribution in [0.25, 0.3) is 0 Å². The second kappa shape index (κ2) is 12.9. The van der Waals surface area contributed by atoms with Gasteiger partial charge in [-0.1, -0.05) is 82.1 Å². The Balaban J connectivity index is 0.00000337. The minimum atomic E-state index is -0.216. The zero-order valence-corrected chi connectivity index (χ0v) is 26.2. The zero-order valence-electron chi connectivity index (χ0n) is 23.1. The van der Waals surface area contributed by atoms with Gasteiger partial charge < -0.3 is 14.7 Å². The number of amides is 2. The summed E-state index contributed by atoms with van der Waals surface area (Å²) in [4.78, 5) is 33.6. The van der Waals surface area contributed by atoms with Gasteiger partial charge in [0.1, 0.15) is 0 Å². The molecule has 0 N–H and O–H groups in total. The third-order valence-corrected chi connectivity index (χ3v) is 10.1. The molecule has 0 aromatic heterocycles. The van der Waals surface area contributed by atoms with E-state index in [1.807, 2.05) is 41.3 Å². The number of carbonyl (C=O) groups is 2. The molecule has 41 heavy (non-hydrogen) atoms. The van der Waals surface area contributed by atoms with Crippen LogP contribution in [0, 0.1) is 11.3 Å². The number of carbonyl (C=O) groups excluding carboxylic acids is 2. The van der Waals surface area contributed by atoms with Gasteiger partial charge in [-0.2, -0.15) is 0 Å². The molecule has 0 bridgehead atoms. The molecule has 3 aromatic rings. The fourth-order valence-electron chi connectivity index (χ4n) is 6.92. The van der Waals surface area contributed by atoms with Gasteiger partial charge in [0.25, 0.3) is 5.91 Å². The van der Waals surface area contributed by atoms with E-state index in [0.717, 1.165) is 49.9 Å². The van der Waals surface area contributed by atoms with Crippen molar-refractivity contribution >= 4 is 51.8 Å². The van der Waals surface area contributed by atoms with Crippen LogP contribution in [0.2, 0.25) is 5.02 Å². The molecule has 216 valence electrons. The van der Waals surface area contributed by atoms with Crippen LogP contribution in [0.5, 0.6) is 0 Å². The van der Waals surface area contributed by atoms with Crippen LogP contribution >= 0.6 is 39.9 Å². The Hall–Kier alpha value is -2.38. The predicted octanol–water partition coefficient (Wildman–Crippen LogP) is 6.89. The molecule has 3 aromatic carbocycles. The van der Waals surface area contributed by atoms with E-state index >= 15 is 0 Å². The Bertz CT molecular complexity index is 1360. The highest BCUT2D eigenvalue weighted by Gasteiger charge is 2.48. The minimum Gasteiger partial charge on any atom is -0.338 e. The van der Waals surface area contributed by atoms with Crippen molar-refractivity contribution < 1.29 is 9.59 Å². The lowest BCUT2D eigenvalue weighted by atomic mass is 9.76. The standard InChI is InChI=1S/C33H35BrClN3O2.ClH/c34-27-12-10-24(11-13-27)20-37-19-16-33(32(37)40)14-17-36(18-15-33)21-26-22-38(23-29(26)25-6-2-1-3-7-25)31(39)28-8-4-5-9-30(28)35;/h1-13,26,29H,14-23H2;1H. The van der Waals surface area contributed by atoms with Crippen LogP contribution in [-0.4, -0.2) is 65.8 Å². The van der Waals surface area contributed by atoms with E-state index in [4.69, 9.17) is 11.6 Å². The number of hydrogen-bond acceptors (Lipinski definition) is 3. The fraction of sp³-hybridized carbons (Fsp3) is 0.394. The maximum absolute atomic E-state index is 13.6. The lowest BCUT2D eigenvalue weighted by Gasteiger charge is -2.39. The van der Waals surface area contributed by atoms with Crippen LogP contribution in [-0.2, 0) is 11.3 Å². The Kier molecular flexibility index (Phi) is 9.44. The van der Waals surface area contributed by atoms with Gasteiger partial charge in [-0.3, -0.25) is 9.59 Å². The molecular weight excluding hydrogens is 621 g/mol. The number of hydrogen-bond donors (Lipinski definition) is 0.